The van der Waals surface area contributed by atoms with E-state index >= 15 is 0 Å². The molecule has 1 aliphatic rings. The van der Waals surface area contributed by atoms with Gasteiger partial charge in [0.05, 0.1) is 0 Å². The van der Waals surface area contributed by atoms with Gasteiger partial charge >= 0.3 is 0 Å². The van der Waals surface area contributed by atoms with E-state index < -0.39 is 0 Å². The summed E-state index contributed by atoms with van der Waals surface area (Å²) in [7, 11) is 0. The fraction of sp³-hybridized carbons (Fsp3) is 0. The average molecular weight is 361 g/mol. The topological polar surface area (TPSA) is 12.9 Å². The van der Waals surface area contributed by atoms with E-state index in [1.807, 2.05) is 11.6 Å². The molecule has 0 aliphatic heterocycles. The van der Waals surface area contributed by atoms with Gasteiger partial charge in [-0.2, -0.15) is 0 Å². The molecule has 0 spiro atoms. The summed E-state index contributed by atoms with van der Waals surface area (Å²) in [6.45, 7) is 0. The summed E-state index contributed by atoms with van der Waals surface area (Å²) in [5, 5.41) is 5.73. The second-order valence-electron chi connectivity index (χ2n) is 6.85. The van der Waals surface area contributed by atoms with Crippen molar-refractivity contribution in [2.75, 3.05) is 0 Å². The molecular weight excluding hydrogens is 346 g/mol. The summed E-state index contributed by atoms with van der Waals surface area (Å²) in [6, 6.07) is 28.8. The first-order valence-electron chi connectivity index (χ1n) is 9.06. The van der Waals surface area contributed by atoms with Gasteiger partial charge in [0.25, 0.3) is 0 Å². The lowest BCUT2D eigenvalue weighted by Gasteiger charge is -2.12. The minimum absolute atomic E-state index is 1.07. The van der Waals surface area contributed by atoms with Crippen molar-refractivity contribution in [1.29, 1.82) is 0 Å². The van der Waals surface area contributed by atoms with Crippen LogP contribution in [0.3, 0.4) is 0 Å². The van der Waals surface area contributed by atoms with Crippen LogP contribution < -0.4 is 0 Å². The molecule has 0 fully saturated rings. The third-order valence-electron chi connectivity index (χ3n) is 5.40. The Morgan fingerprint density at radius 2 is 1.26 bits per heavy atom. The third kappa shape index (κ3) is 2.14. The Morgan fingerprint density at radius 3 is 1.96 bits per heavy atom. The highest BCUT2D eigenvalue weighted by molar-refractivity contribution is 7.13. The molecular formula is C25H15NS. The van der Waals surface area contributed by atoms with E-state index in [9.17, 15) is 0 Å². The van der Waals surface area contributed by atoms with Gasteiger partial charge in [-0.1, -0.05) is 72.8 Å². The molecule has 6 rings (SSSR count). The molecule has 27 heavy (non-hydrogen) atoms. The molecule has 0 unspecified atom stereocenters. The smallest absolute Gasteiger partial charge is 0.123 e. The maximum atomic E-state index is 4.51. The van der Waals surface area contributed by atoms with E-state index in [1.165, 1.54) is 49.7 Å². The fourth-order valence-electron chi connectivity index (χ4n) is 4.24. The molecule has 1 aliphatic carbocycles. The predicted octanol–water partition coefficient (Wildman–Crippen LogP) is 7.28. The Kier molecular flexibility index (Phi) is 3.11. The van der Waals surface area contributed by atoms with Gasteiger partial charge in [-0.3, -0.25) is 0 Å². The maximum Gasteiger partial charge on any atom is 0.123 e. The summed E-state index contributed by atoms with van der Waals surface area (Å²) in [6.07, 6.45) is 1.87. The number of fused-ring (bicyclic) bond motifs is 5. The van der Waals surface area contributed by atoms with Crippen LogP contribution in [0.2, 0.25) is 0 Å². The molecule has 1 heterocycles. The van der Waals surface area contributed by atoms with Crippen LogP contribution in [-0.4, -0.2) is 4.98 Å². The van der Waals surface area contributed by atoms with Crippen LogP contribution in [0.1, 0.15) is 0 Å². The van der Waals surface area contributed by atoms with Crippen LogP contribution in [0, 0.1) is 0 Å². The minimum Gasteiger partial charge on any atom is -0.245 e. The number of nitrogens with zero attached hydrogens (tertiary/aromatic N) is 1. The van der Waals surface area contributed by atoms with Gasteiger partial charge in [0, 0.05) is 17.1 Å². The standard InChI is InChI=1S/C25H15NS/c1-2-8-19-18(7-1)21-9-3-5-16-6-4-10-22(24(16)21)20-12-11-17(15-23(19)20)25-26-13-14-27-25/h1-15H. The maximum absolute atomic E-state index is 4.51. The lowest BCUT2D eigenvalue weighted by Crippen LogP contribution is -1.87. The zero-order chi connectivity index (χ0) is 17.8. The lowest BCUT2D eigenvalue weighted by molar-refractivity contribution is 1.41. The van der Waals surface area contributed by atoms with Crippen molar-refractivity contribution in [1.82, 2.24) is 4.98 Å². The summed E-state index contributed by atoms with van der Waals surface area (Å²) in [5.41, 5.74) is 8.95. The second-order valence-corrected chi connectivity index (χ2v) is 7.75. The molecule has 0 radical (unpaired) electrons. The van der Waals surface area contributed by atoms with Crippen molar-refractivity contribution >= 4 is 22.1 Å². The Morgan fingerprint density at radius 1 is 0.593 bits per heavy atom. The molecule has 126 valence electrons. The molecule has 0 saturated heterocycles. The molecule has 4 aromatic carbocycles. The second kappa shape index (κ2) is 5.63. The average Bonchev–Trinajstić information content (AvgIpc) is 3.24. The van der Waals surface area contributed by atoms with Crippen molar-refractivity contribution in [2.45, 2.75) is 0 Å². The number of thiazole rings is 1. The zero-order valence-corrected chi connectivity index (χ0v) is 15.3. The number of rotatable bonds is 1. The van der Waals surface area contributed by atoms with Gasteiger partial charge < -0.3 is 0 Å². The number of hydrogen-bond acceptors (Lipinski definition) is 2. The Hall–Kier alpha value is -3.23. The van der Waals surface area contributed by atoms with Crippen molar-refractivity contribution in [2.24, 2.45) is 0 Å². The zero-order valence-electron chi connectivity index (χ0n) is 14.5. The van der Waals surface area contributed by atoms with Gasteiger partial charge in [0.15, 0.2) is 0 Å². The van der Waals surface area contributed by atoms with Crippen LogP contribution in [0.4, 0.5) is 0 Å². The molecule has 0 atom stereocenters. The molecule has 0 saturated carbocycles. The normalized spacial score (nSPS) is 11.7. The van der Waals surface area contributed by atoms with Gasteiger partial charge in [-0.05, 0) is 50.2 Å². The molecule has 2 heteroatoms. The quantitative estimate of drug-likeness (QED) is 0.300. The first kappa shape index (κ1) is 14.9. The van der Waals surface area contributed by atoms with E-state index in [0.29, 0.717) is 0 Å². The lowest BCUT2D eigenvalue weighted by atomic mass is 9.92. The number of benzene rings is 4. The van der Waals surface area contributed by atoms with Crippen molar-refractivity contribution < 1.29 is 0 Å². The third-order valence-corrected chi connectivity index (χ3v) is 6.22. The van der Waals surface area contributed by atoms with Crippen LogP contribution >= 0.6 is 11.3 Å². The summed E-state index contributed by atoms with van der Waals surface area (Å²) >= 11 is 1.68. The van der Waals surface area contributed by atoms with Crippen LogP contribution in [0.5, 0.6) is 0 Å². The summed E-state index contributed by atoms with van der Waals surface area (Å²) in [4.78, 5) is 4.51. The summed E-state index contributed by atoms with van der Waals surface area (Å²) in [5.74, 6) is 0. The Balaban J connectivity index is 1.78. The first-order chi connectivity index (χ1) is 13.4. The number of hydrogen-bond donors (Lipinski definition) is 0. The molecule has 0 N–H and O–H groups in total. The van der Waals surface area contributed by atoms with Gasteiger partial charge in [0.1, 0.15) is 5.01 Å². The van der Waals surface area contributed by atoms with Gasteiger partial charge in [-0.15, -0.1) is 11.3 Å². The number of aromatic nitrogens is 1. The monoisotopic (exact) mass is 361 g/mol. The van der Waals surface area contributed by atoms with Crippen LogP contribution in [0.25, 0.3) is 54.7 Å². The highest BCUT2D eigenvalue weighted by atomic mass is 32.1. The highest BCUT2D eigenvalue weighted by Gasteiger charge is 2.21. The fourth-order valence-corrected chi connectivity index (χ4v) is 4.88. The van der Waals surface area contributed by atoms with E-state index in [2.05, 4.69) is 83.8 Å². The Labute approximate surface area is 161 Å². The van der Waals surface area contributed by atoms with E-state index in [-0.39, 0.29) is 0 Å². The molecule has 5 aromatic rings. The van der Waals surface area contributed by atoms with Crippen molar-refractivity contribution in [3.05, 3.63) is 90.4 Å². The highest BCUT2D eigenvalue weighted by Crippen LogP contribution is 2.48. The summed E-state index contributed by atoms with van der Waals surface area (Å²) < 4.78 is 0. The van der Waals surface area contributed by atoms with Crippen molar-refractivity contribution in [3.63, 3.8) is 0 Å². The molecule has 0 bridgehead atoms. The SMILES string of the molecule is c1ccc2c(c1)-c1cc(-c3nccs3)ccc1-c1cccc3cccc-2c13. The van der Waals surface area contributed by atoms with Gasteiger partial charge in [-0.25, -0.2) is 4.98 Å². The van der Waals surface area contributed by atoms with E-state index in [4.69, 9.17) is 0 Å². The minimum atomic E-state index is 1.07. The molecule has 0 amide bonds. The Bertz CT molecular complexity index is 1310. The van der Waals surface area contributed by atoms with Crippen molar-refractivity contribution in [3.8, 4) is 44.0 Å². The largest absolute Gasteiger partial charge is 0.245 e. The van der Waals surface area contributed by atoms with Crippen LogP contribution in [0.15, 0.2) is 90.4 Å². The molecule has 1 aromatic heterocycles. The van der Waals surface area contributed by atoms with Crippen LogP contribution in [-0.2, 0) is 0 Å². The van der Waals surface area contributed by atoms with E-state index in [0.717, 1.165) is 5.01 Å². The first-order valence-corrected chi connectivity index (χ1v) is 9.94. The van der Waals surface area contributed by atoms with Gasteiger partial charge in [0.2, 0.25) is 0 Å². The predicted molar refractivity (Wildman–Crippen MR) is 115 cm³/mol. The van der Waals surface area contributed by atoms with E-state index in [1.54, 1.807) is 11.3 Å². The molecule has 1 nitrogen and oxygen atoms in total.